The molecule has 0 aliphatic heterocycles. The Balaban J connectivity index is 1.58. The number of ketones is 1. The molecule has 24 heavy (non-hydrogen) atoms. The van der Waals surface area contributed by atoms with Crippen LogP contribution in [0.15, 0.2) is 35.6 Å². The molecule has 2 saturated carbocycles. The molecule has 0 saturated heterocycles. The predicted molar refractivity (Wildman–Crippen MR) is 94.1 cm³/mol. The summed E-state index contributed by atoms with van der Waals surface area (Å²) < 4.78 is 2.26. The zero-order valence-electron chi connectivity index (χ0n) is 13.2. The van der Waals surface area contributed by atoms with Gasteiger partial charge in [-0.15, -0.1) is 10.2 Å². The molecule has 1 N–H and O–H groups in total. The number of hydrogen-bond donors (Lipinski definition) is 1. The summed E-state index contributed by atoms with van der Waals surface area (Å²) in [5, 5.41) is 11.1. The van der Waals surface area contributed by atoms with E-state index in [0.29, 0.717) is 18.2 Å². The van der Waals surface area contributed by atoms with Gasteiger partial charge in [-0.25, -0.2) is 0 Å². The van der Waals surface area contributed by atoms with E-state index in [2.05, 4.69) is 31.9 Å². The molecule has 0 unspecified atom stereocenters. The molecule has 0 amide bonds. The van der Waals surface area contributed by atoms with Gasteiger partial charge in [-0.2, -0.15) is 0 Å². The summed E-state index contributed by atoms with van der Waals surface area (Å²) in [4.78, 5) is 15.3. The Hall–Kier alpha value is -2.08. The minimum atomic E-state index is 0.0579. The molecule has 6 heteroatoms. The van der Waals surface area contributed by atoms with Crippen LogP contribution in [0, 0.1) is 0 Å². The number of aromatic amines is 1. The van der Waals surface area contributed by atoms with Gasteiger partial charge < -0.3 is 4.98 Å². The summed E-state index contributed by atoms with van der Waals surface area (Å²) in [6.07, 6.45) is 7.03. The number of hydrogen-bond acceptors (Lipinski definition) is 4. The molecule has 0 spiro atoms. The lowest BCUT2D eigenvalue weighted by atomic mass is 10.1. The van der Waals surface area contributed by atoms with Crippen molar-refractivity contribution in [2.24, 2.45) is 0 Å². The monoisotopic (exact) mass is 338 g/mol. The van der Waals surface area contributed by atoms with E-state index in [4.69, 9.17) is 0 Å². The Morgan fingerprint density at radius 2 is 2.04 bits per heavy atom. The Kier molecular flexibility index (Phi) is 3.26. The SMILES string of the molecule is O=C1CCC[C@@H]1Sc1nnc(-c2c[nH]c3ccccc23)n1C1CC1. The summed E-state index contributed by atoms with van der Waals surface area (Å²) in [6.45, 7) is 0. The molecule has 5 rings (SSSR count). The van der Waals surface area contributed by atoms with Crippen LogP contribution in [0.5, 0.6) is 0 Å². The molecular weight excluding hydrogens is 320 g/mol. The second-order valence-electron chi connectivity index (χ2n) is 6.62. The van der Waals surface area contributed by atoms with E-state index in [0.717, 1.165) is 34.9 Å². The summed E-state index contributed by atoms with van der Waals surface area (Å²) >= 11 is 1.61. The van der Waals surface area contributed by atoms with Crippen LogP contribution in [-0.2, 0) is 4.79 Å². The number of benzene rings is 1. The lowest BCUT2D eigenvalue weighted by Gasteiger charge is -2.10. The van der Waals surface area contributed by atoms with Gasteiger partial charge in [0, 0.05) is 35.1 Å². The van der Waals surface area contributed by atoms with Gasteiger partial charge in [0.25, 0.3) is 0 Å². The van der Waals surface area contributed by atoms with Crippen molar-refractivity contribution >= 4 is 28.4 Å². The van der Waals surface area contributed by atoms with Crippen molar-refractivity contribution in [2.75, 3.05) is 0 Å². The van der Waals surface area contributed by atoms with Crippen LogP contribution in [0.1, 0.15) is 38.1 Å². The highest BCUT2D eigenvalue weighted by atomic mass is 32.2. The molecule has 3 aromatic rings. The quantitative estimate of drug-likeness (QED) is 0.782. The van der Waals surface area contributed by atoms with E-state index in [-0.39, 0.29) is 5.25 Å². The lowest BCUT2D eigenvalue weighted by Crippen LogP contribution is -2.10. The van der Waals surface area contributed by atoms with Crippen LogP contribution in [-0.4, -0.2) is 30.8 Å². The molecule has 2 aromatic heterocycles. The maximum atomic E-state index is 12.0. The first-order chi connectivity index (χ1) is 11.8. The second-order valence-corrected chi connectivity index (χ2v) is 7.79. The average Bonchev–Trinajstić information content (AvgIpc) is 3.02. The van der Waals surface area contributed by atoms with E-state index in [9.17, 15) is 4.79 Å². The summed E-state index contributed by atoms with van der Waals surface area (Å²) in [7, 11) is 0. The highest BCUT2D eigenvalue weighted by Crippen LogP contribution is 2.43. The number of carbonyl (C=O) groups excluding carboxylic acids is 1. The molecule has 1 aromatic carbocycles. The van der Waals surface area contributed by atoms with Crippen LogP contribution >= 0.6 is 11.8 Å². The molecule has 2 aliphatic rings. The Bertz CT molecular complexity index is 924. The van der Waals surface area contributed by atoms with Gasteiger partial charge in [-0.1, -0.05) is 30.0 Å². The Labute approximate surface area is 143 Å². The van der Waals surface area contributed by atoms with Crippen molar-refractivity contribution in [3.63, 3.8) is 0 Å². The van der Waals surface area contributed by atoms with Crippen LogP contribution < -0.4 is 0 Å². The lowest BCUT2D eigenvalue weighted by molar-refractivity contribution is -0.116. The first-order valence-electron chi connectivity index (χ1n) is 8.52. The fourth-order valence-electron chi connectivity index (χ4n) is 3.50. The molecule has 5 nitrogen and oxygen atoms in total. The highest BCUT2D eigenvalue weighted by molar-refractivity contribution is 8.00. The van der Waals surface area contributed by atoms with Gasteiger partial charge in [0.2, 0.25) is 0 Å². The number of aromatic nitrogens is 4. The van der Waals surface area contributed by atoms with Crippen LogP contribution in [0.2, 0.25) is 0 Å². The molecule has 0 radical (unpaired) electrons. The number of Topliss-reactive ketones (excluding diaryl/α,β-unsaturated/α-hetero) is 1. The first-order valence-corrected chi connectivity index (χ1v) is 9.40. The summed E-state index contributed by atoms with van der Waals surface area (Å²) in [5.74, 6) is 1.28. The third-order valence-corrected chi connectivity index (χ3v) is 6.18. The van der Waals surface area contributed by atoms with E-state index >= 15 is 0 Å². The van der Waals surface area contributed by atoms with Crippen molar-refractivity contribution < 1.29 is 4.79 Å². The fraction of sp³-hybridized carbons (Fsp3) is 0.389. The van der Waals surface area contributed by atoms with Crippen molar-refractivity contribution in [1.82, 2.24) is 19.7 Å². The smallest absolute Gasteiger partial charge is 0.192 e. The van der Waals surface area contributed by atoms with Crippen LogP contribution in [0.3, 0.4) is 0 Å². The average molecular weight is 338 g/mol. The molecule has 122 valence electrons. The minimum absolute atomic E-state index is 0.0579. The van der Waals surface area contributed by atoms with E-state index in [1.165, 1.54) is 18.2 Å². The van der Waals surface area contributed by atoms with Crippen molar-refractivity contribution in [1.29, 1.82) is 0 Å². The second kappa shape index (κ2) is 5.48. The number of H-pyrrole nitrogens is 1. The Morgan fingerprint density at radius 3 is 2.83 bits per heavy atom. The number of thioether (sulfide) groups is 1. The number of fused-ring (bicyclic) bond motifs is 1. The van der Waals surface area contributed by atoms with E-state index in [1.54, 1.807) is 11.8 Å². The topological polar surface area (TPSA) is 63.6 Å². The largest absolute Gasteiger partial charge is 0.360 e. The summed E-state index contributed by atoms with van der Waals surface area (Å²) in [6, 6.07) is 8.73. The van der Waals surface area contributed by atoms with E-state index in [1.807, 2.05) is 18.3 Å². The number of para-hydroxylation sites is 1. The fourth-order valence-corrected chi connectivity index (χ4v) is 4.72. The molecular formula is C18H18N4OS. The van der Waals surface area contributed by atoms with Gasteiger partial charge in [0.15, 0.2) is 11.0 Å². The zero-order chi connectivity index (χ0) is 16.1. The standard InChI is InChI=1S/C18H18N4OS/c23-15-6-3-7-16(15)24-18-21-20-17(22(18)11-8-9-11)13-10-19-14-5-2-1-4-12(13)14/h1-2,4-5,10-11,16,19H,3,6-9H2/t16-/m0/s1. The third kappa shape index (κ3) is 2.28. The number of nitrogens with one attached hydrogen (secondary N) is 1. The summed E-state index contributed by atoms with van der Waals surface area (Å²) in [5.41, 5.74) is 2.20. The van der Waals surface area contributed by atoms with Crippen LogP contribution in [0.25, 0.3) is 22.3 Å². The van der Waals surface area contributed by atoms with Gasteiger partial charge >= 0.3 is 0 Å². The van der Waals surface area contributed by atoms with Gasteiger partial charge in [-0.3, -0.25) is 9.36 Å². The number of rotatable bonds is 4. The zero-order valence-corrected chi connectivity index (χ0v) is 14.1. The third-order valence-electron chi connectivity index (χ3n) is 4.90. The van der Waals surface area contributed by atoms with Crippen molar-refractivity contribution in [2.45, 2.75) is 48.6 Å². The minimum Gasteiger partial charge on any atom is -0.360 e. The van der Waals surface area contributed by atoms with Crippen LogP contribution in [0.4, 0.5) is 0 Å². The maximum Gasteiger partial charge on any atom is 0.192 e. The van der Waals surface area contributed by atoms with Crippen molar-refractivity contribution in [3.05, 3.63) is 30.5 Å². The van der Waals surface area contributed by atoms with Crippen molar-refractivity contribution in [3.8, 4) is 11.4 Å². The van der Waals surface area contributed by atoms with Gasteiger partial charge in [0.1, 0.15) is 5.78 Å². The number of carbonyl (C=O) groups is 1. The molecule has 2 fully saturated rings. The molecule has 2 heterocycles. The Morgan fingerprint density at radius 1 is 1.17 bits per heavy atom. The normalized spacial score (nSPS) is 21.0. The molecule has 1 atom stereocenters. The predicted octanol–water partition coefficient (Wildman–Crippen LogP) is 3.98. The highest BCUT2D eigenvalue weighted by Gasteiger charge is 2.34. The maximum absolute atomic E-state index is 12.0. The molecule has 2 aliphatic carbocycles. The van der Waals surface area contributed by atoms with E-state index < -0.39 is 0 Å². The molecule has 0 bridgehead atoms. The first kappa shape index (κ1) is 14.3. The van der Waals surface area contributed by atoms with Gasteiger partial charge in [-0.05, 0) is 31.7 Å². The number of nitrogens with zero attached hydrogens (tertiary/aromatic N) is 3. The van der Waals surface area contributed by atoms with Gasteiger partial charge in [0.05, 0.1) is 5.25 Å².